The van der Waals surface area contributed by atoms with Gasteiger partial charge in [0.15, 0.2) is 0 Å². The maximum absolute atomic E-state index is 11.7. The number of carbonyl (C=O) groups is 1. The van der Waals surface area contributed by atoms with Gasteiger partial charge in [-0.1, -0.05) is 0 Å². The highest BCUT2D eigenvalue weighted by molar-refractivity contribution is 5.79. The predicted octanol–water partition coefficient (Wildman–Crippen LogP) is 0.745. The van der Waals surface area contributed by atoms with Crippen LogP contribution >= 0.6 is 0 Å². The van der Waals surface area contributed by atoms with Crippen molar-refractivity contribution in [3.8, 4) is 11.5 Å². The maximum Gasteiger partial charge on any atom is 0.224 e. The van der Waals surface area contributed by atoms with E-state index in [0.717, 1.165) is 5.56 Å². The maximum atomic E-state index is 11.7. The molecule has 1 amide bonds. The molecule has 0 saturated heterocycles. The summed E-state index contributed by atoms with van der Waals surface area (Å²) in [6.07, 6.45) is 0.785. The highest BCUT2D eigenvalue weighted by atomic mass is 16.5. The second-order valence-corrected chi connectivity index (χ2v) is 3.78. The third-order valence-corrected chi connectivity index (χ3v) is 2.50. The number of nitrogens with one attached hydrogen (secondary N) is 1. The standard InChI is InChI=1S/C13H19NO4/c1-17-11-4-5-12(18-2)10(8-11)9-13(16)14-6-3-7-15/h4-5,8,15H,3,6-7,9H2,1-2H3,(H,14,16). The number of hydrogen-bond donors (Lipinski definition) is 2. The Morgan fingerprint density at radius 3 is 2.72 bits per heavy atom. The van der Waals surface area contributed by atoms with Crippen LogP contribution in [0.3, 0.4) is 0 Å². The number of amides is 1. The molecule has 1 aromatic rings. The van der Waals surface area contributed by atoms with Crippen LogP contribution in [0.15, 0.2) is 18.2 Å². The molecule has 0 atom stereocenters. The molecule has 0 aliphatic heterocycles. The summed E-state index contributed by atoms with van der Waals surface area (Å²) in [5, 5.41) is 11.4. The van der Waals surface area contributed by atoms with E-state index in [2.05, 4.69) is 5.32 Å². The van der Waals surface area contributed by atoms with E-state index in [0.29, 0.717) is 24.5 Å². The topological polar surface area (TPSA) is 67.8 Å². The van der Waals surface area contributed by atoms with E-state index in [1.807, 2.05) is 0 Å². The largest absolute Gasteiger partial charge is 0.497 e. The first-order valence-corrected chi connectivity index (χ1v) is 5.79. The summed E-state index contributed by atoms with van der Waals surface area (Å²) in [6.45, 7) is 0.546. The minimum absolute atomic E-state index is 0.0722. The summed E-state index contributed by atoms with van der Waals surface area (Å²) in [7, 11) is 3.14. The number of ether oxygens (including phenoxy) is 2. The summed E-state index contributed by atoms with van der Waals surface area (Å²) < 4.78 is 10.3. The number of methoxy groups -OCH3 is 2. The molecule has 0 aromatic heterocycles. The number of aliphatic hydroxyl groups excluding tert-OH is 1. The van der Waals surface area contributed by atoms with Gasteiger partial charge in [-0.2, -0.15) is 0 Å². The van der Waals surface area contributed by atoms with Gasteiger partial charge in [-0.05, 0) is 24.6 Å². The Balaban J connectivity index is 2.66. The van der Waals surface area contributed by atoms with Gasteiger partial charge in [0.05, 0.1) is 20.6 Å². The monoisotopic (exact) mass is 253 g/mol. The SMILES string of the molecule is COc1ccc(OC)c(CC(=O)NCCCO)c1. The van der Waals surface area contributed by atoms with Crippen LogP contribution in [0.25, 0.3) is 0 Å². The summed E-state index contributed by atoms with van der Waals surface area (Å²) in [5.41, 5.74) is 0.776. The van der Waals surface area contributed by atoms with Gasteiger partial charge in [0, 0.05) is 18.7 Å². The van der Waals surface area contributed by atoms with E-state index < -0.39 is 0 Å². The van der Waals surface area contributed by atoms with Crippen molar-refractivity contribution in [3.63, 3.8) is 0 Å². The zero-order valence-corrected chi connectivity index (χ0v) is 10.7. The molecule has 1 aromatic carbocycles. The van der Waals surface area contributed by atoms with E-state index in [9.17, 15) is 4.79 Å². The number of rotatable bonds is 7. The molecule has 0 aliphatic carbocycles. The molecule has 0 saturated carbocycles. The van der Waals surface area contributed by atoms with Crippen molar-refractivity contribution < 1.29 is 19.4 Å². The molecule has 0 spiro atoms. The molecule has 0 bridgehead atoms. The van der Waals surface area contributed by atoms with Crippen LogP contribution in [0.5, 0.6) is 11.5 Å². The number of carbonyl (C=O) groups excluding carboxylic acids is 1. The van der Waals surface area contributed by atoms with Crippen molar-refractivity contribution in [1.82, 2.24) is 5.32 Å². The van der Waals surface area contributed by atoms with E-state index in [1.165, 1.54) is 0 Å². The van der Waals surface area contributed by atoms with Crippen LogP contribution < -0.4 is 14.8 Å². The zero-order valence-electron chi connectivity index (χ0n) is 10.7. The van der Waals surface area contributed by atoms with Gasteiger partial charge < -0.3 is 19.9 Å². The van der Waals surface area contributed by atoms with Crippen molar-refractivity contribution in [1.29, 1.82) is 0 Å². The van der Waals surface area contributed by atoms with Crippen LogP contribution in [0.2, 0.25) is 0 Å². The first-order valence-electron chi connectivity index (χ1n) is 5.79. The summed E-state index contributed by atoms with van der Waals surface area (Å²) in [6, 6.07) is 5.34. The number of hydrogen-bond acceptors (Lipinski definition) is 4. The lowest BCUT2D eigenvalue weighted by molar-refractivity contribution is -0.120. The van der Waals surface area contributed by atoms with Crippen molar-refractivity contribution in [2.24, 2.45) is 0 Å². The van der Waals surface area contributed by atoms with E-state index >= 15 is 0 Å². The molecule has 0 heterocycles. The Bertz CT molecular complexity index is 393. The van der Waals surface area contributed by atoms with E-state index in [4.69, 9.17) is 14.6 Å². The van der Waals surface area contributed by atoms with Gasteiger partial charge in [-0.15, -0.1) is 0 Å². The Labute approximate surface area is 107 Å². The average Bonchev–Trinajstić information content (AvgIpc) is 2.39. The fraction of sp³-hybridized carbons (Fsp3) is 0.462. The lowest BCUT2D eigenvalue weighted by Crippen LogP contribution is -2.26. The molecular formula is C13H19NO4. The van der Waals surface area contributed by atoms with Gasteiger partial charge >= 0.3 is 0 Å². The smallest absolute Gasteiger partial charge is 0.224 e. The molecule has 100 valence electrons. The molecule has 0 fully saturated rings. The van der Waals surface area contributed by atoms with Crippen LogP contribution in [0.4, 0.5) is 0 Å². The fourth-order valence-electron chi connectivity index (χ4n) is 1.56. The molecule has 5 nitrogen and oxygen atoms in total. The van der Waals surface area contributed by atoms with Gasteiger partial charge in [0.1, 0.15) is 11.5 Å². The Morgan fingerprint density at radius 1 is 1.33 bits per heavy atom. The van der Waals surface area contributed by atoms with Gasteiger partial charge in [-0.25, -0.2) is 0 Å². The lowest BCUT2D eigenvalue weighted by atomic mass is 10.1. The molecule has 1 rings (SSSR count). The average molecular weight is 253 g/mol. The first-order chi connectivity index (χ1) is 8.71. The second kappa shape index (κ2) is 7.55. The number of benzene rings is 1. The van der Waals surface area contributed by atoms with Crippen molar-refractivity contribution in [2.45, 2.75) is 12.8 Å². The Kier molecular flexibility index (Phi) is 6.00. The summed E-state index contributed by atoms with van der Waals surface area (Å²) in [4.78, 5) is 11.7. The van der Waals surface area contributed by atoms with Crippen LogP contribution in [-0.4, -0.2) is 38.4 Å². The van der Waals surface area contributed by atoms with Gasteiger partial charge in [0.2, 0.25) is 5.91 Å². The third-order valence-electron chi connectivity index (χ3n) is 2.50. The molecular weight excluding hydrogens is 234 g/mol. The second-order valence-electron chi connectivity index (χ2n) is 3.78. The predicted molar refractivity (Wildman–Crippen MR) is 68.0 cm³/mol. The van der Waals surface area contributed by atoms with Crippen molar-refractivity contribution in [2.75, 3.05) is 27.4 Å². The summed E-state index contributed by atoms with van der Waals surface area (Å²) >= 11 is 0. The van der Waals surface area contributed by atoms with Crippen LogP contribution in [0.1, 0.15) is 12.0 Å². The van der Waals surface area contributed by atoms with E-state index in [1.54, 1.807) is 32.4 Å². The Hall–Kier alpha value is -1.75. The first kappa shape index (κ1) is 14.3. The molecule has 5 heteroatoms. The highest BCUT2D eigenvalue weighted by Gasteiger charge is 2.09. The quantitative estimate of drug-likeness (QED) is 0.703. The van der Waals surface area contributed by atoms with Crippen molar-refractivity contribution in [3.05, 3.63) is 23.8 Å². The van der Waals surface area contributed by atoms with E-state index in [-0.39, 0.29) is 18.9 Å². The lowest BCUT2D eigenvalue weighted by Gasteiger charge is -2.10. The molecule has 2 N–H and O–H groups in total. The van der Waals surface area contributed by atoms with Gasteiger partial charge in [-0.3, -0.25) is 4.79 Å². The highest BCUT2D eigenvalue weighted by Crippen LogP contribution is 2.24. The number of aliphatic hydroxyl groups is 1. The Morgan fingerprint density at radius 2 is 2.11 bits per heavy atom. The fourth-order valence-corrected chi connectivity index (χ4v) is 1.56. The normalized spacial score (nSPS) is 9.94. The zero-order chi connectivity index (χ0) is 13.4. The molecule has 0 aliphatic rings. The minimum atomic E-state index is -0.102. The third kappa shape index (κ3) is 4.25. The molecule has 18 heavy (non-hydrogen) atoms. The van der Waals surface area contributed by atoms with Crippen LogP contribution in [0, 0.1) is 0 Å². The van der Waals surface area contributed by atoms with Crippen LogP contribution in [-0.2, 0) is 11.2 Å². The van der Waals surface area contributed by atoms with Gasteiger partial charge in [0.25, 0.3) is 0 Å². The van der Waals surface area contributed by atoms with Crippen molar-refractivity contribution >= 4 is 5.91 Å². The molecule has 0 unspecified atom stereocenters. The summed E-state index contributed by atoms with van der Waals surface area (Å²) in [5.74, 6) is 1.25. The minimum Gasteiger partial charge on any atom is -0.497 e. The molecule has 0 radical (unpaired) electrons.